The fourth-order valence-corrected chi connectivity index (χ4v) is 18.2. The molecule has 8 rings (SSSR count). The van der Waals surface area contributed by atoms with E-state index in [1.807, 2.05) is 0 Å². The molecule has 8 saturated carbocycles. The molecule has 8 fully saturated rings. The van der Waals surface area contributed by atoms with Crippen LogP contribution in [0.2, 0.25) is 0 Å². The quantitative estimate of drug-likeness (QED) is 0.270. The van der Waals surface area contributed by atoms with E-state index in [0.29, 0.717) is 10.8 Å². The van der Waals surface area contributed by atoms with Crippen molar-refractivity contribution in [3.63, 3.8) is 0 Å². The first kappa shape index (κ1) is 34.1. The number of rotatable bonds is 6. The highest BCUT2D eigenvalue weighted by Crippen LogP contribution is 2.77. The average molecular weight is 645 g/mol. The summed E-state index contributed by atoms with van der Waals surface area (Å²) in [7, 11) is 0. The molecule has 0 aromatic heterocycles. The number of hydrogen-bond acceptors (Lipinski definition) is 0. The molecular weight excluding hydrogens is 565 g/mol. The average Bonchev–Trinajstić information content (AvgIpc) is 3.58. The minimum absolute atomic E-state index is 0.477. The molecule has 0 N–H and O–H groups in total. The molecular formula is C47H80. The molecule has 0 radical (unpaired) electrons. The summed E-state index contributed by atoms with van der Waals surface area (Å²) in [5.74, 6) is 18.1. The van der Waals surface area contributed by atoms with Gasteiger partial charge in [-0.15, -0.1) is 0 Å². The van der Waals surface area contributed by atoms with Gasteiger partial charge in [0.15, 0.2) is 0 Å². The van der Waals surface area contributed by atoms with Crippen LogP contribution in [0.1, 0.15) is 183 Å². The van der Waals surface area contributed by atoms with E-state index in [1.54, 1.807) is 103 Å². The first-order valence-electron chi connectivity index (χ1n) is 22.7. The first-order valence-corrected chi connectivity index (χ1v) is 22.7. The van der Waals surface area contributed by atoms with Gasteiger partial charge < -0.3 is 0 Å². The Hall–Kier alpha value is 0. The lowest BCUT2D eigenvalue weighted by Crippen LogP contribution is -2.52. The van der Waals surface area contributed by atoms with Crippen molar-refractivity contribution in [2.45, 2.75) is 183 Å². The van der Waals surface area contributed by atoms with Crippen molar-refractivity contribution in [1.29, 1.82) is 0 Å². The van der Waals surface area contributed by atoms with Crippen LogP contribution in [0.4, 0.5) is 0 Å². The minimum atomic E-state index is 0.477. The molecule has 0 saturated heterocycles. The van der Waals surface area contributed by atoms with E-state index in [0.717, 1.165) is 101 Å². The lowest BCUT2D eigenvalue weighted by molar-refractivity contribution is -0.106. The highest BCUT2D eigenvalue weighted by atomic mass is 14.8. The van der Waals surface area contributed by atoms with Crippen molar-refractivity contribution in [3.05, 3.63) is 0 Å². The summed E-state index contributed by atoms with van der Waals surface area (Å²) in [5, 5.41) is 0. The van der Waals surface area contributed by atoms with E-state index >= 15 is 0 Å². The second-order valence-corrected chi connectivity index (χ2v) is 21.5. The Balaban J connectivity index is 1.26. The maximum absolute atomic E-state index is 2.68. The molecule has 0 aromatic carbocycles. The molecule has 15 atom stereocenters. The van der Waals surface area contributed by atoms with E-state index in [1.165, 1.54) is 32.1 Å². The molecule has 0 nitrogen and oxygen atoms in total. The van der Waals surface area contributed by atoms with Gasteiger partial charge in [0, 0.05) is 0 Å². The topological polar surface area (TPSA) is 0 Å². The maximum Gasteiger partial charge on any atom is -0.0227 e. The molecule has 0 aliphatic heterocycles. The molecule has 268 valence electrons. The molecule has 47 heavy (non-hydrogen) atoms. The second-order valence-electron chi connectivity index (χ2n) is 21.5. The Bertz CT molecular complexity index is 1030. The van der Waals surface area contributed by atoms with Crippen LogP contribution in [0.25, 0.3) is 0 Å². The van der Waals surface area contributed by atoms with Gasteiger partial charge in [0.2, 0.25) is 0 Å². The minimum Gasteiger partial charge on any atom is -0.0651 e. The van der Waals surface area contributed by atoms with Crippen LogP contribution in [-0.4, -0.2) is 0 Å². The predicted molar refractivity (Wildman–Crippen MR) is 201 cm³/mol. The molecule has 8 aliphatic rings. The summed E-state index contributed by atoms with van der Waals surface area (Å²) >= 11 is 0. The highest BCUT2D eigenvalue weighted by Gasteiger charge is 2.71. The van der Waals surface area contributed by atoms with Crippen molar-refractivity contribution < 1.29 is 0 Å². The van der Waals surface area contributed by atoms with Crippen LogP contribution < -0.4 is 0 Å². The third-order valence-electron chi connectivity index (χ3n) is 19.4. The van der Waals surface area contributed by atoms with E-state index < -0.39 is 0 Å². The summed E-state index contributed by atoms with van der Waals surface area (Å²) < 4.78 is 0. The smallest absolute Gasteiger partial charge is 0.0227 e. The fourth-order valence-electron chi connectivity index (χ4n) is 18.2. The third-order valence-corrected chi connectivity index (χ3v) is 19.4. The van der Waals surface area contributed by atoms with E-state index in [4.69, 9.17) is 0 Å². The zero-order valence-corrected chi connectivity index (χ0v) is 32.7. The Morgan fingerprint density at radius 1 is 0.511 bits per heavy atom. The van der Waals surface area contributed by atoms with Gasteiger partial charge in [-0.1, -0.05) is 106 Å². The van der Waals surface area contributed by atoms with Crippen LogP contribution in [0.5, 0.6) is 0 Å². The molecule has 8 aliphatic carbocycles. The number of hydrogen-bond donors (Lipinski definition) is 0. The van der Waals surface area contributed by atoms with Gasteiger partial charge in [-0.25, -0.2) is 0 Å². The van der Waals surface area contributed by atoms with Gasteiger partial charge in [-0.2, -0.15) is 0 Å². The van der Waals surface area contributed by atoms with Crippen molar-refractivity contribution in [1.82, 2.24) is 0 Å². The zero-order valence-electron chi connectivity index (χ0n) is 32.7. The Morgan fingerprint density at radius 3 is 1.70 bits per heavy atom. The maximum atomic E-state index is 2.68. The highest BCUT2D eigenvalue weighted by molar-refractivity contribution is 5.19. The molecule has 1 spiro atoms. The van der Waals surface area contributed by atoms with Gasteiger partial charge in [-0.3, -0.25) is 0 Å². The van der Waals surface area contributed by atoms with Crippen molar-refractivity contribution in [2.24, 2.45) is 111 Å². The summed E-state index contributed by atoms with van der Waals surface area (Å²) in [4.78, 5) is 0. The Kier molecular flexibility index (Phi) is 9.58. The summed E-state index contributed by atoms with van der Waals surface area (Å²) in [6.45, 7) is 18.3. The van der Waals surface area contributed by atoms with E-state index in [9.17, 15) is 0 Å². The van der Waals surface area contributed by atoms with Crippen LogP contribution in [0.3, 0.4) is 0 Å². The van der Waals surface area contributed by atoms with Crippen molar-refractivity contribution in [2.75, 3.05) is 0 Å². The summed E-state index contributed by atoms with van der Waals surface area (Å²) in [5.41, 5.74) is 1.16. The summed E-state index contributed by atoms with van der Waals surface area (Å²) in [6, 6.07) is 0. The van der Waals surface area contributed by atoms with Gasteiger partial charge in [0.05, 0.1) is 0 Å². The summed E-state index contributed by atoms with van der Waals surface area (Å²) in [6.07, 6.45) is 33.1. The molecule has 0 heteroatoms. The standard InChI is InChI=1S/C47H80/c1-8-29(9-2)34-25-35(30(10-3)11-4)28-47(27-34)40-23-22-33-24-32-21-20-31-16-12-13-17-36(31)42(32)43(33)44(40)39-26-41(46(5,6)7)37-18-14-15-19-38(37)45(39)47/h29-45H,8-28H2,1-7H3. The SMILES string of the molecule is CCC(CC)C1CC(C(CC)CC)CC2(C1)C1CCC3CC4CCC5CCCCC5C4C3C1C1CC(C(C)(C)C)C3CCCCC3C12. The normalized spacial score (nSPS) is 50.9. The van der Waals surface area contributed by atoms with Gasteiger partial charge in [-0.05, 0) is 188 Å². The fraction of sp³-hybridized carbons (Fsp3) is 1.00. The molecule has 0 aromatic rings. The van der Waals surface area contributed by atoms with E-state index in [2.05, 4.69) is 48.5 Å². The second kappa shape index (κ2) is 13.2. The van der Waals surface area contributed by atoms with Gasteiger partial charge in [0.25, 0.3) is 0 Å². The van der Waals surface area contributed by atoms with Crippen LogP contribution in [0, 0.1) is 111 Å². The van der Waals surface area contributed by atoms with Gasteiger partial charge >= 0.3 is 0 Å². The Morgan fingerprint density at radius 2 is 1.06 bits per heavy atom. The molecule has 0 bridgehead atoms. The lowest BCUT2D eigenvalue weighted by Gasteiger charge is -2.59. The lowest BCUT2D eigenvalue weighted by atomic mass is 9.45. The molecule has 0 heterocycles. The monoisotopic (exact) mass is 645 g/mol. The third kappa shape index (κ3) is 5.44. The van der Waals surface area contributed by atoms with Crippen LogP contribution >= 0.6 is 0 Å². The Labute approximate surface area is 293 Å². The van der Waals surface area contributed by atoms with Crippen LogP contribution in [0.15, 0.2) is 0 Å². The van der Waals surface area contributed by atoms with E-state index in [-0.39, 0.29) is 0 Å². The first-order chi connectivity index (χ1) is 22.7. The van der Waals surface area contributed by atoms with Gasteiger partial charge in [0.1, 0.15) is 0 Å². The van der Waals surface area contributed by atoms with Crippen molar-refractivity contribution >= 4 is 0 Å². The molecule has 15 unspecified atom stereocenters. The molecule has 0 amide bonds. The van der Waals surface area contributed by atoms with Crippen LogP contribution in [-0.2, 0) is 0 Å². The zero-order chi connectivity index (χ0) is 32.7. The van der Waals surface area contributed by atoms with Crippen molar-refractivity contribution in [3.8, 4) is 0 Å². The predicted octanol–water partition coefficient (Wildman–Crippen LogP) is 13.9. The number of fused-ring (bicyclic) bond motifs is 13. The largest absolute Gasteiger partial charge is 0.0651 e.